The summed E-state index contributed by atoms with van der Waals surface area (Å²) in [6, 6.07) is 0. The second kappa shape index (κ2) is 11.9. The molecular formula is C19H25IN4O9. The van der Waals surface area contributed by atoms with Crippen molar-refractivity contribution in [1.82, 2.24) is 14.9 Å². The molecule has 0 radical (unpaired) electrons. The maximum Gasteiger partial charge on any atom is 0.412 e. The summed E-state index contributed by atoms with van der Waals surface area (Å²) in [5, 5.41) is 4.95. The van der Waals surface area contributed by atoms with Crippen molar-refractivity contribution < 1.29 is 38.1 Å². The first kappa shape index (κ1) is 26.5. The van der Waals surface area contributed by atoms with Gasteiger partial charge in [0.05, 0.1) is 16.3 Å². The van der Waals surface area contributed by atoms with E-state index in [9.17, 15) is 24.0 Å². The Kier molecular flexibility index (Phi) is 9.57. The number of aromatic nitrogens is 2. The molecule has 0 spiro atoms. The molecule has 0 unspecified atom stereocenters. The quantitative estimate of drug-likeness (QED) is 0.194. The Balaban J connectivity index is 2.14. The average molecular weight is 580 g/mol. The van der Waals surface area contributed by atoms with E-state index in [0.29, 0.717) is 16.5 Å². The van der Waals surface area contributed by atoms with Crippen molar-refractivity contribution in [3.05, 3.63) is 20.3 Å². The molecule has 2 amide bonds. The maximum absolute atomic E-state index is 12.7. The molecule has 0 bridgehead atoms. The standard InChI is InChI=1S/C19H25IN4O9/c1-9-14(32-11(3)26)15(33-12(4)27)17(31-9)24-8-13(20)16(22-18(24)28)23-19(29)30-7-5-6-21-10(2)25/h8-9,14-15,17H,5-7H2,1-4H3,(H,21,25)(H,22,23,28,29)/t9-,14-,15-,17-/m1/s1. The van der Waals surface area contributed by atoms with Crippen LogP contribution in [0.3, 0.4) is 0 Å². The fraction of sp³-hybridized carbons (Fsp3) is 0.579. The Morgan fingerprint density at radius 2 is 1.79 bits per heavy atom. The summed E-state index contributed by atoms with van der Waals surface area (Å²) in [6.45, 7) is 5.80. The Bertz CT molecular complexity index is 967. The fourth-order valence-electron chi connectivity index (χ4n) is 3.05. The van der Waals surface area contributed by atoms with Crippen LogP contribution in [0.2, 0.25) is 0 Å². The van der Waals surface area contributed by atoms with E-state index in [1.165, 1.54) is 27.0 Å². The summed E-state index contributed by atoms with van der Waals surface area (Å²) in [7, 11) is 0. The molecular weight excluding hydrogens is 555 g/mol. The van der Waals surface area contributed by atoms with Gasteiger partial charge in [0.2, 0.25) is 5.91 Å². The van der Waals surface area contributed by atoms with Gasteiger partial charge in [0.25, 0.3) is 0 Å². The van der Waals surface area contributed by atoms with Gasteiger partial charge in [-0.15, -0.1) is 0 Å². The van der Waals surface area contributed by atoms with Crippen molar-refractivity contribution in [2.45, 2.75) is 58.7 Å². The summed E-state index contributed by atoms with van der Waals surface area (Å²) >= 11 is 1.86. The third-order valence-corrected chi connectivity index (χ3v) is 5.14. The third kappa shape index (κ3) is 7.66. The summed E-state index contributed by atoms with van der Waals surface area (Å²) in [5.41, 5.74) is -0.797. The van der Waals surface area contributed by atoms with Gasteiger partial charge < -0.3 is 24.3 Å². The number of ether oxygens (including phenoxy) is 4. The van der Waals surface area contributed by atoms with E-state index in [1.807, 2.05) is 22.6 Å². The van der Waals surface area contributed by atoms with Crippen LogP contribution in [0.4, 0.5) is 10.6 Å². The molecule has 0 saturated carbocycles. The maximum atomic E-state index is 12.7. The van der Waals surface area contributed by atoms with Crippen molar-refractivity contribution in [2.75, 3.05) is 18.5 Å². The van der Waals surface area contributed by atoms with Gasteiger partial charge >= 0.3 is 23.7 Å². The number of esters is 2. The number of carbonyl (C=O) groups excluding carboxylic acids is 4. The Morgan fingerprint density at radius 3 is 2.39 bits per heavy atom. The van der Waals surface area contributed by atoms with E-state index in [1.54, 1.807) is 6.92 Å². The molecule has 1 aromatic rings. The molecule has 2 rings (SSSR count). The molecule has 1 aliphatic rings. The first-order chi connectivity index (χ1) is 15.5. The van der Waals surface area contributed by atoms with Crippen LogP contribution >= 0.6 is 22.6 Å². The molecule has 182 valence electrons. The second-order valence-electron chi connectivity index (χ2n) is 7.10. The molecule has 13 nitrogen and oxygen atoms in total. The monoisotopic (exact) mass is 580 g/mol. The summed E-state index contributed by atoms with van der Waals surface area (Å²) in [6.07, 6.45) is -2.81. The zero-order chi connectivity index (χ0) is 24.7. The number of rotatable bonds is 8. The Hall–Kier alpha value is -2.75. The van der Waals surface area contributed by atoms with E-state index < -0.39 is 48.3 Å². The number of anilines is 1. The van der Waals surface area contributed by atoms with E-state index in [0.717, 1.165) is 4.57 Å². The van der Waals surface area contributed by atoms with E-state index >= 15 is 0 Å². The topological polar surface area (TPSA) is 164 Å². The third-order valence-electron chi connectivity index (χ3n) is 4.36. The van der Waals surface area contributed by atoms with Crippen LogP contribution in [0.15, 0.2) is 11.0 Å². The molecule has 0 aliphatic carbocycles. The molecule has 1 aliphatic heterocycles. The van der Waals surface area contributed by atoms with Gasteiger partial charge in [0.1, 0.15) is 0 Å². The smallest absolute Gasteiger partial charge is 0.412 e. The van der Waals surface area contributed by atoms with Crippen molar-refractivity contribution in [2.24, 2.45) is 0 Å². The highest BCUT2D eigenvalue weighted by Gasteiger charge is 2.48. The highest BCUT2D eigenvalue weighted by molar-refractivity contribution is 14.1. The van der Waals surface area contributed by atoms with Crippen LogP contribution in [-0.2, 0) is 33.3 Å². The van der Waals surface area contributed by atoms with Gasteiger partial charge in [-0.3, -0.25) is 24.3 Å². The number of nitrogens with one attached hydrogen (secondary N) is 2. The lowest BCUT2D eigenvalue weighted by Crippen LogP contribution is -2.40. The first-order valence-corrected chi connectivity index (χ1v) is 11.0. The Labute approximate surface area is 202 Å². The largest absolute Gasteiger partial charge is 0.456 e. The Morgan fingerprint density at radius 1 is 1.15 bits per heavy atom. The minimum atomic E-state index is -1.10. The number of amides is 2. The van der Waals surface area contributed by atoms with Gasteiger partial charge in [0.15, 0.2) is 24.3 Å². The lowest BCUT2D eigenvalue weighted by atomic mass is 10.1. The molecule has 0 aromatic carbocycles. The molecule has 1 fully saturated rings. The molecule has 4 atom stereocenters. The minimum Gasteiger partial charge on any atom is -0.456 e. The van der Waals surface area contributed by atoms with Gasteiger partial charge in [-0.2, -0.15) is 4.98 Å². The zero-order valence-electron chi connectivity index (χ0n) is 18.5. The molecule has 1 aromatic heterocycles. The predicted molar refractivity (Wildman–Crippen MR) is 120 cm³/mol. The molecule has 14 heteroatoms. The number of hydrogen-bond acceptors (Lipinski definition) is 10. The first-order valence-electron chi connectivity index (χ1n) is 9.96. The number of hydrogen-bond donors (Lipinski definition) is 2. The SMILES string of the molecule is CC(=O)NCCCOC(=O)Nc1nc(=O)n([C@@H]2O[C@H](C)[C@@H](OC(C)=O)[C@H]2OC(C)=O)cc1I. The van der Waals surface area contributed by atoms with Crippen molar-refractivity contribution >= 4 is 52.3 Å². The average Bonchev–Trinajstić information content (AvgIpc) is 2.98. The fourth-order valence-corrected chi connectivity index (χ4v) is 3.60. The highest BCUT2D eigenvalue weighted by atomic mass is 127. The van der Waals surface area contributed by atoms with Crippen molar-refractivity contribution in [1.29, 1.82) is 0 Å². The van der Waals surface area contributed by atoms with Crippen LogP contribution in [0, 0.1) is 3.57 Å². The van der Waals surface area contributed by atoms with Crippen LogP contribution in [0.5, 0.6) is 0 Å². The number of nitrogens with zero attached hydrogens (tertiary/aromatic N) is 2. The van der Waals surface area contributed by atoms with E-state index in [4.69, 9.17) is 18.9 Å². The van der Waals surface area contributed by atoms with Crippen molar-refractivity contribution in [3.63, 3.8) is 0 Å². The summed E-state index contributed by atoms with van der Waals surface area (Å²) in [4.78, 5) is 62.4. The molecule has 1 saturated heterocycles. The lowest BCUT2D eigenvalue weighted by Gasteiger charge is -2.23. The van der Waals surface area contributed by atoms with Crippen LogP contribution in [0.1, 0.15) is 40.3 Å². The van der Waals surface area contributed by atoms with Crippen molar-refractivity contribution in [3.8, 4) is 0 Å². The predicted octanol–water partition coefficient (Wildman–Crippen LogP) is 0.703. The van der Waals surface area contributed by atoms with Gasteiger partial charge in [-0.05, 0) is 35.9 Å². The van der Waals surface area contributed by atoms with E-state index in [2.05, 4.69) is 15.6 Å². The second-order valence-corrected chi connectivity index (χ2v) is 8.27. The summed E-state index contributed by atoms with van der Waals surface area (Å²) < 4.78 is 22.7. The summed E-state index contributed by atoms with van der Waals surface area (Å²) in [5.74, 6) is -1.46. The highest BCUT2D eigenvalue weighted by Crippen LogP contribution is 2.33. The number of carbonyl (C=O) groups is 4. The molecule has 2 heterocycles. The van der Waals surface area contributed by atoms with Crippen LogP contribution in [-0.4, -0.2) is 65.0 Å². The lowest BCUT2D eigenvalue weighted by molar-refractivity contribution is -0.165. The normalized spacial score (nSPS) is 21.7. The van der Waals surface area contributed by atoms with Gasteiger partial charge in [-0.1, -0.05) is 0 Å². The van der Waals surface area contributed by atoms with E-state index in [-0.39, 0.29) is 18.3 Å². The zero-order valence-corrected chi connectivity index (χ0v) is 20.6. The molecule has 2 N–H and O–H groups in total. The van der Waals surface area contributed by atoms with Gasteiger partial charge in [0, 0.05) is 33.5 Å². The van der Waals surface area contributed by atoms with Gasteiger partial charge in [-0.25, -0.2) is 9.59 Å². The van der Waals surface area contributed by atoms with Crippen LogP contribution in [0.25, 0.3) is 0 Å². The number of halogens is 1. The molecule has 33 heavy (non-hydrogen) atoms. The van der Waals surface area contributed by atoms with Crippen LogP contribution < -0.4 is 16.3 Å². The minimum absolute atomic E-state index is 0.0321.